The fourth-order valence-corrected chi connectivity index (χ4v) is 0. The SMILES string of the molecule is CC(C)(C)O.CC(C)(C)O.CC(C)(C)O.[Y]. The summed E-state index contributed by atoms with van der Waals surface area (Å²) in [6, 6.07) is 0. The van der Waals surface area contributed by atoms with Crippen molar-refractivity contribution in [3.63, 3.8) is 0 Å². The summed E-state index contributed by atoms with van der Waals surface area (Å²) in [6.45, 7) is 15.7. The van der Waals surface area contributed by atoms with Gasteiger partial charge in [0.25, 0.3) is 0 Å². The van der Waals surface area contributed by atoms with Gasteiger partial charge in [-0.05, 0) is 62.3 Å². The summed E-state index contributed by atoms with van der Waals surface area (Å²) in [4.78, 5) is 0. The predicted molar refractivity (Wildman–Crippen MR) is 65.9 cm³/mol. The Morgan fingerprint density at radius 1 is 0.438 bits per heavy atom. The Bertz CT molecular complexity index is 91.3. The van der Waals surface area contributed by atoms with Gasteiger partial charge in [0.05, 0.1) is 16.8 Å². The summed E-state index contributed by atoms with van der Waals surface area (Å²) < 4.78 is 0. The van der Waals surface area contributed by atoms with Gasteiger partial charge >= 0.3 is 0 Å². The van der Waals surface area contributed by atoms with Crippen LogP contribution >= 0.6 is 0 Å². The molecule has 0 unspecified atom stereocenters. The van der Waals surface area contributed by atoms with Gasteiger partial charge in [0, 0.05) is 32.7 Å². The van der Waals surface area contributed by atoms with E-state index in [0.717, 1.165) is 0 Å². The van der Waals surface area contributed by atoms with E-state index in [1.165, 1.54) is 0 Å². The minimum atomic E-state index is -0.500. The standard InChI is InChI=1S/3C4H10O.Y/c3*1-4(2,3)5;/h3*5H,1-3H3;. The number of hydrogen-bond donors (Lipinski definition) is 3. The molecule has 0 heterocycles. The molecule has 0 aromatic heterocycles. The smallest absolute Gasteiger partial charge is 0.0563 e. The summed E-state index contributed by atoms with van der Waals surface area (Å²) in [7, 11) is 0. The van der Waals surface area contributed by atoms with Crippen LogP contribution in [0.25, 0.3) is 0 Å². The molecule has 3 N–H and O–H groups in total. The molecule has 16 heavy (non-hydrogen) atoms. The molecule has 1 radical (unpaired) electrons. The van der Waals surface area contributed by atoms with Crippen LogP contribution in [0.15, 0.2) is 0 Å². The van der Waals surface area contributed by atoms with Crippen molar-refractivity contribution in [2.45, 2.75) is 79.1 Å². The zero-order chi connectivity index (χ0) is 13.5. The van der Waals surface area contributed by atoms with Crippen LogP contribution in [0.3, 0.4) is 0 Å². The molecule has 0 saturated carbocycles. The minimum absolute atomic E-state index is 0. The summed E-state index contributed by atoms with van der Waals surface area (Å²) in [5, 5.41) is 25.6. The second kappa shape index (κ2) is 9.96. The van der Waals surface area contributed by atoms with Gasteiger partial charge in [-0.15, -0.1) is 0 Å². The normalized spacial score (nSPS) is 11.2. The van der Waals surface area contributed by atoms with Crippen LogP contribution in [-0.4, -0.2) is 32.1 Å². The Morgan fingerprint density at radius 3 is 0.438 bits per heavy atom. The maximum atomic E-state index is 8.52. The van der Waals surface area contributed by atoms with Gasteiger partial charge in [-0.25, -0.2) is 0 Å². The van der Waals surface area contributed by atoms with Crippen LogP contribution < -0.4 is 0 Å². The first kappa shape index (κ1) is 25.7. The van der Waals surface area contributed by atoms with E-state index in [9.17, 15) is 0 Å². The van der Waals surface area contributed by atoms with Gasteiger partial charge in [0.2, 0.25) is 0 Å². The van der Waals surface area contributed by atoms with Gasteiger partial charge in [-0.3, -0.25) is 0 Å². The van der Waals surface area contributed by atoms with Gasteiger partial charge in [-0.2, -0.15) is 0 Å². The quantitative estimate of drug-likeness (QED) is 0.643. The third-order valence-electron chi connectivity index (χ3n) is 0. The Labute approximate surface area is 127 Å². The van der Waals surface area contributed by atoms with Crippen LogP contribution in [0, 0.1) is 0 Å². The average molecular weight is 311 g/mol. The third kappa shape index (κ3) is 3030. The number of hydrogen-bond acceptors (Lipinski definition) is 3. The van der Waals surface area contributed by atoms with Crippen LogP contribution in [0.1, 0.15) is 62.3 Å². The van der Waals surface area contributed by atoms with Gasteiger partial charge in [0.15, 0.2) is 0 Å². The predicted octanol–water partition coefficient (Wildman–Crippen LogP) is 2.33. The molecule has 0 aromatic rings. The molecule has 0 spiro atoms. The Kier molecular flexibility index (Phi) is 16.0. The molecule has 0 saturated heterocycles. The van der Waals surface area contributed by atoms with E-state index in [0.29, 0.717) is 0 Å². The maximum absolute atomic E-state index is 8.52. The summed E-state index contributed by atoms with van der Waals surface area (Å²) in [6.07, 6.45) is 0. The van der Waals surface area contributed by atoms with E-state index < -0.39 is 16.8 Å². The third-order valence-corrected chi connectivity index (χ3v) is 0. The average Bonchev–Trinajstić information content (AvgIpc) is 1.41. The van der Waals surface area contributed by atoms with Crippen molar-refractivity contribution in [1.82, 2.24) is 0 Å². The molecule has 0 amide bonds. The van der Waals surface area contributed by atoms with E-state index in [1.54, 1.807) is 62.3 Å². The number of aliphatic hydroxyl groups is 3. The van der Waals surface area contributed by atoms with E-state index in [1.807, 2.05) is 0 Å². The molecule has 0 aliphatic carbocycles. The zero-order valence-electron chi connectivity index (χ0n) is 12.4. The molecule has 0 fully saturated rings. The van der Waals surface area contributed by atoms with Crippen molar-refractivity contribution in [2.24, 2.45) is 0 Å². The molecule has 0 aliphatic heterocycles. The van der Waals surface area contributed by atoms with Crippen molar-refractivity contribution < 1.29 is 48.0 Å². The topological polar surface area (TPSA) is 60.7 Å². The molecule has 4 heteroatoms. The van der Waals surface area contributed by atoms with E-state index in [-0.39, 0.29) is 32.7 Å². The molecule has 0 rings (SSSR count). The van der Waals surface area contributed by atoms with E-state index >= 15 is 0 Å². The van der Waals surface area contributed by atoms with Gasteiger partial charge in [0.1, 0.15) is 0 Å². The second-order valence-electron chi connectivity index (χ2n) is 6.51. The second-order valence-corrected chi connectivity index (χ2v) is 6.51. The van der Waals surface area contributed by atoms with Crippen molar-refractivity contribution in [3.8, 4) is 0 Å². The first-order valence-electron chi connectivity index (χ1n) is 5.17. The summed E-state index contributed by atoms with van der Waals surface area (Å²) in [5.74, 6) is 0. The van der Waals surface area contributed by atoms with Gasteiger partial charge in [-0.1, -0.05) is 0 Å². The van der Waals surface area contributed by atoms with Gasteiger partial charge < -0.3 is 15.3 Å². The first-order chi connectivity index (χ1) is 6.00. The fourth-order valence-electron chi connectivity index (χ4n) is 0. The Hall–Kier alpha value is 0.984. The van der Waals surface area contributed by atoms with Crippen LogP contribution in [0.5, 0.6) is 0 Å². The van der Waals surface area contributed by atoms with Crippen LogP contribution in [-0.2, 0) is 32.7 Å². The largest absolute Gasteiger partial charge is 0.391 e. The molecule has 99 valence electrons. The summed E-state index contributed by atoms with van der Waals surface area (Å²) >= 11 is 0. The molecule has 3 nitrogen and oxygen atoms in total. The molecule has 0 atom stereocenters. The maximum Gasteiger partial charge on any atom is 0.0563 e. The molecular weight excluding hydrogens is 281 g/mol. The first-order valence-corrected chi connectivity index (χ1v) is 5.17. The van der Waals surface area contributed by atoms with Crippen molar-refractivity contribution >= 4 is 0 Å². The monoisotopic (exact) mass is 311 g/mol. The minimum Gasteiger partial charge on any atom is -0.391 e. The Balaban J connectivity index is -0.0000000655. The van der Waals surface area contributed by atoms with E-state index in [2.05, 4.69) is 0 Å². The number of rotatable bonds is 0. The van der Waals surface area contributed by atoms with Crippen LogP contribution in [0.4, 0.5) is 0 Å². The molecular formula is C12H30O3Y. The zero-order valence-corrected chi connectivity index (χ0v) is 15.3. The van der Waals surface area contributed by atoms with E-state index in [4.69, 9.17) is 15.3 Å². The van der Waals surface area contributed by atoms with Crippen LogP contribution in [0.2, 0.25) is 0 Å². The summed E-state index contributed by atoms with van der Waals surface area (Å²) in [5.41, 5.74) is -1.50. The van der Waals surface area contributed by atoms with Crippen molar-refractivity contribution in [3.05, 3.63) is 0 Å². The van der Waals surface area contributed by atoms with Crippen molar-refractivity contribution in [1.29, 1.82) is 0 Å². The fraction of sp³-hybridized carbons (Fsp3) is 1.00. The molecule has 0 bridgehead atoms. The molecule has 0 aromatic carbocycles. The van der Waals surface area contributed by atoms with Crippen molar-refractivity contribution in [2.75, 3.05) is 0 Å². The molecule has 0 aliphatic rings. The Morgan fingerprint density at radius 2 is 0.438 bits per heavy atom.